The SMILES string of the molecule is CCNc1ccc(-c2cncc(-c3cnc(Nc4cc(N5CCNCC5)ccn4)s3)c2)cn1. The molecule has 0 saturated carbocycles. The molecule has 1 aliphatic rings. The number of anilines is 4. The summed E-state index contributed by atoms with van der Waals surface area (Å²) in [5.74, 6) is 1.67. The van der Waals surface area contributed by atoms with Crippen LogP contribution in [-0.4, -0.2) is 52.7 Å². The second-order valence-electron chi connectivity index (χ2n) is 7.72. The Hall–Kier alpha value is -3.56. The molecule has 168 valence electrons. The first-order valence-electron chi connectivity index (χ1n) is 11.1. The number of piperazine rings is 1. The Balaban J connectivity index is 1.31. The normalized spacial score (nSPS) is 13.7. The van der Waals surface area contributed by atoms with E-state index in [4.69, 9.17) is 0 Å². The first-order valence-corrected chi connectivity index (χ1v) is 11.9. The number of aromatic nitrogens is 4. The molecule has 5 heterocycles. The minimum Gasteiger partial charge on any atom is -0.370 e. The van der Waals surface area contributed by atoms with Gasteiger partial charge in [0.15, 0.2) is 5.13 Å². The molecule has 0 aliphatic carbocycles. The number of hydrogen-bond acceptors (Lipinski definition) is 9. The Labute approximate surface area is 197 Å². The van der Waals surface area contributed by atoms with Crippen LogP contribution in [-0.2, 0) is 0 Å². The van der Waals surface area contributed by atoms with Crippen LogP contribution in [0.25, 0.3) is 21.6 Å². The van der Waals surface area contributed by atoms with E-state index in [1.54, 1.807) is 11.3 Å². The summed E-state index contributed by atoms with van der Waals surface area (Å²) in [6.07, 6.45) is 9.32. The lowest BCUT2D eigenvalue weighted by molar-refractivity contribution is 0.589. The van der Waals surface area contributed by atoms with E-state index in [9.17, 15) is 0 Å². The lowest BCUT2D eigenvalue weighted by Crippen LogP contribution is -2.43. The van der Waals surface area contributed by atoms with Crippen LogP contribution in [0.1, 0.15) is 6.92 Å². The maximum atomic E-state index is 4.56. The van der Waals surface area contributed by atoms with Crippen molar-refractivity contribution in [3.8, 4) is 21.6 Å². The van der Waals surface area contributed by atoms with Crippen molar-refractivity contribution in [1.29, 1.82) is 0 Å². The van der Waals surface area contributed by atoms with Crippen LogP contribution >= 0.6 is 11.3 Å². The second-order valence-corrected chi connectivity index (χ2v) is 8.75. The highest BCUT2D eigenvalue weighted by atomic mass is 32.1. The molecule has 3 N–H and O–H groups in total. The maximum absolute atomic E-state index is 4.56. The molecule has 5 rings (SSSR count). The largest absolute Gasteiger partial charge is 0.370 e. The topological polar surface area (TPSA) is 90.9 Å². The minimum absolute atomic E-state index is 0.797. The maximum Gasteiger partial charge on any atom is 0.188 e. The molecule has 0 radical (unpaired) electrons. The quantitative estimate of drug-likeness (QED) is 0.379. The highest BCUT2D eigenvalue weighted by molar-refractivity contribution is 7.18. The van der Waals surface area contributed by atoms with E-state index >= 15 is 0 Å². The molecule has 4 aromatic heterocycles. The van der Waals surface area contributed by atoms with Gasteiger partial charge >= 0.3 is 0 Å². The predicted octanol–water partition coefficient (Wildman–Crippen LogP) is 4.25. The van der Waals surface area contributed by atoms with Crippen molar-refractivity contribution in [2.24, 2.45) is 0 Å². The molecule has 0 amide bonds. The Morgan fingerprint density at radius 1 is 0.909 bits per heavy atom. The molecule has 0 atom stereocenters. The third-order valence-corrected chi connectivity index (χ3v) is 6.41. The summed E-state index contributed by atoms with van der Waals surface area (Å²) in [7, 11) is 0. The molecule has 0 aromatic carbocycles. The Morgan fingerprint density at radius 2 is 1.79 bits per heavy atom. The molecule has 4 aromatic rings. The number of rotatable bonds is 7. The number of pyridine rings is 3. The summed E-state index contributed by atoms with van der Waals surface area (Å²) in [5.41, 5.74) is 4.26. The second kappa shape index (κ2) is 9.93. The van der Waals surface area contributed by atoms with Crippen molar-refractivity contribution in [3.63, 3.8) is 0 Å². The van der Waals surface area contributed by atoms with E-state index < -0.39 is 0 Å². The van der Waals surface area contributed by atoms with Gasteiger partial charge in [0.25, 0.3) is 0 Å². The van der Waals surface area contributed by atoms with E-state index in [1.165, 1.54) is 5.69 Å². The van der Waals surface area contributed by atoms with E-state index in [0.29, 0.717) is 0 Å². The van der Waals surface area contributed by atoms with Gasteiger partial charge < -0.3 is 20.9 Å². The summed E-state index contributed by atoms with van der Waals surface area (Å²) < 4.78 is 0. The van der Waals surface area contributed by atoms with Gasteiger partial charge in [0.2, 0.25) is 0 Å². The standard InChI is InChI=1S/C24H26N8S/c1-2-27-22-4-3-17(15-29-22)18-11-19(14-26-13-18)21-16-30-24(33-21)31-23-12-20(5-6-28-23)32-9-7-25-8-10-32/h3-6,11-16,25H,2,7-10H2,1H3,(H,27,29)(H,28,30,31). The van der Waals surface area contributed by atoms with Crippen molar-refractivity contribution in [2.75, 3.05) is 48.3 Å². The summed E-state index contributed by atoms with van der Waals surface area (Å²) in [6.45, 7) is 6.91. The summed E-state index contributed by atoms with van der Waals surface area (Å²) in [4.78, 5) is 21.4. The van der Waals surface area contributed by atoms with Gasteiger partial charge in [-0.25, -0.2) is 15.0 Å². The first-order chi connectivity index (χ1) is 16.3. The Bertz CT molecular complexity index is 1200. The number of nitrogens with one attached hydrogen (secondary N) is 3. The average molecular weight is 459 g/mol. The third kappa shape index (κ3) is 5.10. The van der Waals surface area contributed by atoms with Crippen molar-refractivity contribution in [2.45, 2.75) is 6.92 Å². The third-order valence-electron chi connectivity index (χ3n) is 5.44. The Kier molecular flexibility index (Phi) is 6.41. The fraction of sp³-hybridized carbons (Fsp3) is 0.250. The van der Waals surface area contributed by atoms with Gasteiger partial charge in [-0.05, 0) is 31.2 Å². The monoisotopic (exact) mass is 458 g/mol. The average Bonchev–Trinajstić information content (AvgIpc) is 3.34. The fourth-order valence-electron chi connectivity index (χ4n) is 3.77. The molecule has 8 nitrogen and oxygen atoms in total. The van der Waals surface area contributed by atoms with Crippen LogP contribution in [0, 0.1) is 0 Å². The Morgan fingerprint density at radius 3 is 2.61 bits per heavy atom. The highest BCUT2D eigenvalue weighted by Crippen LogP contribution is 2.32. The van der Waals surface area contributed by atoms with Gasteiger partial charge in [0, 0.05) is 92.2 Å². The van der Waals surface area contributed by atoms with E-state index in [1.807, 2.05) is 37.1 Å². The van der Waals surface area contributed by atoms with Crippen LogP contribution in [0.15, 0.2) is 61.3 Å². The fourth-order valence-corrected chi connectivity index (χ4v) is 4.57. The van der Waals surface area contributed by atoms with Gasteiger partial charge in [-0.3, -0.25) is 4.98 Å². The smallest absolute Gasteiger partial charge is 0.188 e. The molecular weight excluding hydrogens is 432 g/mol. The van der Waals surface area contributed by atoms with Crippen LogP contribution in [0.5, 0.6) is 0 Å². The van der Waals surface area contributed by atoms with Crippen LogP contribution in [0.2, 0.25) is 0 Å². The van der Waals surface area contributed by atoms with Crippen molar-refractivity contribution in [3.05, 3.63) is 61.3 Å². The van der Waals surface area contributed by atoms with E-state index in [-0.39, 0.29) is 0 Å². The lowest BCUT2D eigenvalue weighted by Gasteiger charge is -2.29. The van der Waals surface area contributed by atoms with Gasteiger partial charge in [-0.2, -0.15) is 0 Å². The molecule has 33 heavy (non-hydrogen) atoms. The van der Waals surface area contributed by atoms with E-state index in [2.05, 4.69) is 72.0 Å². The van der Waals surface area contributed by atoms with Crippen LogP contribution < -0.4 is 20.9 Å². The van der Waals surface area contributed by atoms with Gasteiger partial charge in [0.05, 0.1) is 4.88 Å². The number of nitrogens with zero attached hydrogens (tertiary/aromatic N) is 5. The van der Waals surface area contributed by atoms with Gasteiger partial charge in [-0.15, -0.1) is 0 Å². The van der Waals surface area contributed by atoms with Crippen LogP contribution in [0.4, 0.5) is 22.5 Å². The minimum atomic E-state index is 0.797. The molecule has 1 saturated heterocycles. The number of hydrogen-bond donors (Lipinski definition) is 3. The van der Waals surface area contributed by atoms with Gasteiger partial charge in [0.1, 0.15) is 11.6 Å². The molecule has 0 bridgehead atoms. The molecule has 0 unspecified atom stereocenters. The molecular formula is C24H26N8S. The summed E-state index contributed by atoms with van der Waals surface area (Å²) in [6, 6.07) is 10.3. The molecule has 1 aliphatic heterocycles. The van der Waals surface area contributed by atoms with Crippen molar-refractivity contribution < 1.29 is 0 Å². The summed E-state index contributed by atoms with van der Waals surface area (Å²) >= 11 is 1.58. The molecule has 0 spiro atoms. The highest BCUT2D eigenvalue weighted by Gasteiger charge is 2.12. The zero-order chi connectivity index (χ0) is 22.5. The number of thiazole rings is 1. The van der Waals surface area contributed by atoms with Crippen LogP contribution in [0.3, 0.4) is 0 Å². The van der Waals surface area contributed by atoms with E-state index in [0.717, 1.165) is 71.1 Å². The predicted molar refractivity (Wildman–Crippen MR) is 135 cm³/mol. The zero-order valence-corrected chi connectivity index (χ0v) is 19.3. The first kappa shape index (κ1) is 21.3. The summed E-state index contributed by atoms with van der Waals surface area (Å²) in [5, 5.41) is 10.8. The van der Waals surface area contributed by atoms with Crippen molar-refractivity contribution in [1.82, 2.24) is 25.3 Å². The van der Waals surface area contributed by atoms with Gasteiger partial charge in [-0.1, -0.05) is 11.3 Å². The molecule has 1 fully saturated rings. The lowest BCUT2D eigenvalue weighted by atomic mass is 10.1. The van der Waals surface area contributed by atoms with Crippen molar-refractivity contribution >= 4 is 33.8 Å². The molecule has 9 heteroatoms. The zero-order valence-electron chi connectivity index (χ0n) is 18.5.